The topological polar surface area (TPSA) is 47.7 Å². The van der Waals surface area contributed by atoms with Crippen LogP contribution in [0.1, 0.15) is 29.7 Å². The van der Waals surface area contributed by atoms with Gasteiger partial charge in [0.15, 0.2) is 11.5 Å². The molecule has 1 heterocycles. The molecule has 3 rings (SSSR count). The predicted octanol–water partition coefficient (Wildman–Crippen LogP) is 5.24. The molecule has 0 aromatic heterocycles. The minimum atomic E-state index is -4.43. The summed E-state index contributed by atoms with van der Waals surface area (Å²) in [6.07, 6.45) is -4.03. The fourth-order valence-corrected chi connectivity index (χ4v) is 4.56. The standard InChI is InChI=1S/C22H25F3N2O2S/c1-14-27(21(13-30-14)22(23,24)25)18(10-15-4-6-16(12-26)7-5-15)17-8-9-19(28-2)20(11-17)29-3/h4-9,11,13-14,18H,10,12,26H2,1-3H3. The zero-order valence-electron chi connectivity index (χ0n) is 17.1. The lowest BCUT2D eigenvalue weighted by molar-refractivity contribution is -0.115. The summed E-state index contributed by atoms with van der Waals surface area (Å²) >= 11 is 1.17. The first-order valence-electron chi connectivity index (χ1n) is 9.49. The smallest absolute Gasteiger partial charge is 0.431 e. The van der Waals surface area contributed by atoms with E-state index in [0.717, 1.165) is 16.7 Å². The maximum Gasteiger partial charge on any atom is 0.431 e. The maximum atomic E-state index is 13.8. The number of ether oxygens (including phenoxy) is 2. The van der Waals surface area contributed by atoms with Crippen molar-refractivity contribution in [1.29, 1.82) is 0 Å². The van der Waals surface area contributed by atoms with Gasteiger partial charge in [-0.05, 0) is 42.2 Å². The number of halogens is 3. The van der Waals surface area contributed by atoms with Gasteiger partial charge in [-0.1, -0.05) is 30.3 Å². The predicted molar refractivity (Wildman–Crippen MR) is 113 cm³/mol. The van der Waals surface area contributed by atoms with Crippen molar-refractivity contribution >= 4 is 11.8 Å². The second kappa shape index (κ2) is 9.22. The molecule has 1 aliphatic heterocycles. The molecule has 0 spiro atoms. The molecule has 0 saturated carbocycles. The summed E-state index contributed by atoms with van der Waals surface area (Å²) in [6, 6.07) is 12.4. The van der Waals surface area contributed by atoms with E-state index in [1.807, 2.05) is 24.3 Å². The molecule has 0 amide bonds. The van der Waals surface area contributed by atoms with Gasteiger partial charge in [-0.2, -0.15) is 13.2 Å². The summed E-state index contributed by atoms with van der Waals surface area (Å²) in [5.74, 6) is 1.01. The van der Waals surface area contributed by atoms with E-state index in [2.05, 4.69) is 0 Å². The number of nitrogens with zero attached hydrogens (tertiary/aromatic N) is 1. The van der Waals surface area contributed by atoms with Crippen molar-refractivity contribution in [3.63, 3.8) is 0 Å². The normalized spacial score (nSPS) is 17.6. The number of alkyl halides is 3. The summed E-state index contributed by atoms with van der Waals surface area (Å²) in [5, 5.41) is 0.846. The highest BCUT2D eigenvalue weighted by atomic mass is 32.2. The van der Waals surface area contributed by atoms with Gasteiger partial charge in [0.05, 0.1) is 25.6 Å². The first-order valence-corrected chi connectivity index (χ1v) is 10.4. The Morgan fingerprint density at radius 1 is 1.03 bits per heavy atom. The molecule has 30 heavy (non-hydrogen) atoms. The molecule has 2 unspecified atom stereocenters. The first kappa shape index (κ1) is 22.4. The number of hydrogen-bond donors (Lipinski definition) is 1. The monoisotopic (exact) mass is 438 g/mol. The molecule has 2 aromatic rings. The Kier molecular flexibility index (Phi) is 6.88. The lowest BCUT2D eigenvalue weighted by Gasteiger charge is -2.36. The van der Waals surface area contributed by atoms with Gasteiger partial charge in [-0.3, -0.25) is 0 Å². The molecule has 2 N–H and O–H groups in total. The van der Waals surface area contributed by atoms with E-state index in [9.17, 15) is 13.2 Å². The molecule has 8 heteroatoms. The first-order chi connectivity index (χ1) is 14.3. The van der Waals surface area contributed by atoms with Gasteiger partial charge in [0.25, 0.3) is 0 Å². The molecule has 1 aliphatic rings. The Bertz CT molecular complexity index is 900. The average molecular weight is 439 g/mol. The number of rotatable bonds is 7. The Morgan fingerprint density at radius 3 is 2.23 bits per heavy atom. The quantitative estimate of drug-likeness (QED) is 0.640. The third-order valence-corrected chi connectivity index (χ3v) is 6.13. The second-order valence-corrected chi connectivity index (χ2v) is 8.19. The SMILES string of the molecule is COc1ccc(C(Cc2ccc(CN)cc2)N2C(C(F)(F)F)=CSC2C)cc1OC. The molecule has 2 aromatic carbocycles. The number of allylic oxidation sites excluding steroid dienone is 1. The molecule has 0 radical (unpaired) electrons. The highest BCUT2D eigenvalue weighted by Crippen LogP contribution is 2.46. The third-order valence-electron chi connectivity index (χ3n) is 5.15. The Labute approximate surface area is 178 Å². The molecule has 0 bridgehead atoms. The van der Waals surface area contributed by atoms with Crippen molar-refractivity contribution in [2.45, 2.75) is 37.5 Å². The van der Waals surface area contributed by atoms with E-state index < -0.39 is 17.9 Å². The van der Waals surface area contributed by atoms with Crippen molar-refractivity contribution < 1.29 is 22.6 Å². The van der Waals surface area contributed by atoms with E-state index in [-0.39, 0.29) is 5.37 Å². The minimum Gasteiger partial charge on any atom is -0.493 e. The highest BCUT2D eigenvalue weighted by Gasteiger charge is 2.45. The molecular weight excluding hydrogens is 413 g/mol. The summed E-state index contributed by atoms with van der Waals surface area (Å²) in [5.41, 5.74) is 7.66. The number of methoxy groups -OCH3 is 2. The fraction of sp³-hybridized carbons (Fsp3) is 0.364. The second-order valence-electron chi connectivity index (χ2n) is 7.00. The molecule has 4 nitrogen and oxygen atoms in total. The van der Waals surface area contributed by atoms with Gasteiger partial charge in [0.2, 0.25) is 0 Å². The third kappa shape index (κ3) is 4.70. The molecular formula is C22H25F3N2O2S. The van der Waals surface area contributed by atoms with Gasteiger partial charge >= 0.3 is 6.18 Å². The van der Waals surface area contributed by atoms with Crippen molar-refractivity contribution in [2.24, 2.45) is 5.73 Å². The Morgan fingerprint density at radius 2 is 1.67 bits per heavy atom. The van der Waals surface area contributed by atoms with Crippen LogP contribution in [0, 0.1) is 0 Å². The fourth-order valence-electron chi connectivity index (χ4n) is 3.59. The number of thioether (sulfide) groups is 1. The summed E-state index contributed by atoms with van der Waals surface area (Å²) in [7, 11) is 3.04. The van der Waals surface area contributed by atoms with Gasteiger partial charge in [-0.15, -0.1) is 11.8 Å². The van der Waals surface area contributed by atoms with Crippen LogP contribution in [0.5, 0.6) is 11.5 Å². The highest BCUT2D eigenvalue weighted by molar-refractivity contribution is 8.02. The van der Waals surface area contributed by atoms with E-state index >= 15 is 0 Å². The molecule has 162 valence electrons. The van der Waals surface area contributed by atoms with Crippen LogP contribution in [0.25, 0.3) is 0 Å². The van der Waals surface area contributed by atoms with Crippen molar-refractivity contribution in [3.05, 3.63) is 70.3 Å². The van der Waals surface area contributed by atoms with Crippen molar-refractivity contribution in [3.8, 4) is 11.5 Å². The van der Waals surface area contributed by atoms with Crippen LogP contribution in [-0.2, 0) is 13.0 Å². The van der Waals surface area contributed by atoms with Crippen LogP contribution < -0.4 is 15.2 Å². The minimum absolute atomic E-state index is 0.358. The van der Waals surface area contributed by atoms with Crippen LogP contribution in [-0.4, -0.2) is 30.7 Å². The largest absolute Gasteiger partial charge is 0.493 e. The van der Waals surface area contributed by atoms with Crippen LogP contribution in [0.15, 0.2) is 53.6 Å². The zero-order valence-corrected chi connectivity index (χ0v) is 17.9. The number of benzene rings is 2. The van der Waals surface area contributed by atoms with Gasteiger partial charge in [-0.25, -0.2) is 0 Å². The molecule has 0 fully saturated rings. The van der Waals surface area contributed by atoms with Crippen LogP contribution in [0.2, 0.25) is 0 Å². The summed E-state index contributed by atoms with van der Waals surface area (Å²) < 4.78 is 52.0. The van der Waals surface area contributed by atoms with Crippen LogP contribution >= 0.6 is 11.8 Å². The van der Waals surface area contributed by atoms with E-state index in [0.29, 0.717) is 24.5 Å². The molecule has 2 atom stereocenters. The van der Waals surface area contributed by atoms with Gasteiger partial charge in [0.1, 0.15) is 5.70 Å². The van der Waals surface area contributed by atoms with Crippen LogP contribution in [0.4, 0.5) is 13.2 Å². The lowest BCUT2D eigenvalue weighted by atomic mass is 9.95. The summed E-state index contributed by atoms with van der Waals surface area (Å²) in [6.45, 7) is 2.20. The maximum absolute atomic E-state index is 13.8. The van der Waals surface area contributed by atoms with Crippen LogP contribution in [0.3, 0.4) is 0 Å². The number of nitrogens with two attached hydrogens (primary N) is 1. The average Bonchev–Trinajstić information content (AvgIpc) is 3.13. The Hall–Kier alpha value is -2.32. The summed E-state index contributed by atoms with van der Waals surface area (Å²) in [4.78, 5) is 1.45. The Balaban J connectivity index is 2.05. The van der Waals surface area contributed by atoms with Gasteiger partial charge < -0.3 is 20.1 Å². The van der Waals surface area contributed by atoms with E-state index in [4.69, 9.17) is 15.2 Å². The number of hydrogen-bond acceptors (Lipinski definition) is 5. The molecule has 0 aliphatic carbocycles. The van der Waals surface area contributed by atoms with Gasteiger partial charge in [0, 0.05) is 12.0 Å². The van der Waals surface area contributed by atoms with Crippen molar-refractivity contribution in [2.75, 3.05) is 14.2 Å². The molecule has 0 saturated heterocycles. The van der Waals surface area contributed by atoms with E-state index in [1.165, 1.54) is 36.3 Å². The lowest BCUT2D eigenvalue weighted by Crippen LogP contribution is -2.37. The zero-order chi connectivity index (χ0) is 21.9. The van der Waals surface area contributed by atoms with Crippen molar-refractivity contribution in [1.82, 2.24) is 4.90 Å². The van der Waals surface area contributed by atoms with E-state index in [1.54, 1.807) is 25.1 Å².